The van der Waals surface area contributed by atoms with Gasteiger partial charge in [-0.3, -0.25) is 0 Å². The lowest BCUT2D eigenvalue weighted by molar-refractivity contribution is -0.790. The van der Waals surface area contributed by atoms with Crippen molar-refractivity contribution in [1.82, 2.24) is 5.32 Å². The third-order valence-electron chi connectivity index (χ3n) is 1.13. The average molecular weight is 114 g/mol. The summed E-state index contributed by atoms with van der Waals surface area (Å²) >= 11 is 0. The van der Waals surface area contributed by atoms with Gasteiger partial charge in [0.2, 0.25) is 0 Å². The molecule has 0 aliphatic carbocycles. The van der Waals surface area contributed by atoms with E-state index in [-0.39, 0.29) is 5.06 Å². The molecule has 8 heavy (non-hydrogen) atoms. The molecule has 0 bridgehead atoms. The molecule has 0 saturated carbocycles. The second kappa shape index (κ2) is 2.69. The summed E-state index contributed by atoms with van der Waals surface area (Å²) in [7, 11) is 0. The Kier molecular flexibility index (Phi) is 1.88. The maximum absolute atomic E-state index is 10.6. The molecule has 0 aromatic heterocycles. The lowest BCUT2D eigenvalue weighted by atomic mass is 10.4. The summed E-state index contributed by atoms with van der Waals surface area (Å²) in [5.74, 6) is 0. The summed E-state index contributed by atoms with van der Waals surface area (Å²) in [6.45, 7) is 1.63. The Morgan fingerprint density at radius 2 is 2.50 bits per heavy atom. The summed E-state index contributed by atoms with van der Waals surface area (Å²) in [4.78, 5) is 0. The van der Waals surface area contributed by atoms with Crippen LogP contribution in [0.5, 0.6) is 0 Å². The average Bonchev–Trinajstić information content (AvgIpc) is 1.94. The van der Waals surface area contributed by atoms with Gasteiger partial charge in [0.1, 0.15) is 6.20 Å². The van der Waals surface area contributed by atoms with Gasteiger partial charge in [-0.15, -0.1) is 0 Å². The Balaban J connectivity index is 2.33. The van der Waals surface area contributed by atoms with Crippen molar-refractivity contribution in [2.45, 2.75) is 6.42 Å². The van der Waals surface area contributed by atoms with Gasteiger partial charge in [0.15, 0.2) is 0 Å². The minimum Gasteiger partial charge on any atom is -0.629 e. The van der Waals surface area contributed by atoms with E-state index < -0.39 is 0 Å². The number of hydroxylamine groups is 2. The Hall–Kier alpha value is -0.540. The fraction of sp³-hybridized carbons (Fsp3) is 0.600. The van der Waals surface area contributed by atoms with Gasteiger partial charge in [-0.05, 0) is 0 Å². The Bertz CT molecular complexity index is 92.4. The van der Waals surface area contributed by atoms with Crippen molar-refractivity contribution < 1.29 is 5.06 Å². The molecule has 3 heteroatoms. The van der Waals surface area contributed by atoms with E-state index >= 15 is 0 Å². The standard InChI is InChI=1S/C5H10N2O/c8-7-4-1-2-6-3-5-7/h3,5-7H,1-2,4H2. The molecule has 1 heterocycles. The zero-order valence-corrected chi connectivity index (χ0v) is 4.68. The highest BCUT2D eigenvalue weighted by Gasteiger charge is 1.94. The van der Waals surface area contributed by atoms with Crippen molar-refractivity contribution in [3.05, 3.63) is 17.6 Å². The molecule has 1 rings (SSSR count). The van der Waals surface area contributed by atoms with Crippen LogP contribution < -0.4 is 10.4 Å². The highest BCUT2D eigenvalue weighted by Crippen LogP contribution is 1.72. The summed E-state index contributed by atoms with van der Waals surface area (Å²) in [5.41, 5.74) is 0. The van der Waals surface area contributed by atoms with Gasteiger partial charge in [0, 0.05) is 13.0 Å². The first-order valence-electron chi connectivity index (χ1n) is 2.82. The maximum Gasteiger partial charge on any atom is 0.110 e. The van der Waals surface area contributed by atoms with Gasteiger partial charge in [0.05, 0.1) is 12.7 Å². The van der Waals surface area contributed by atoms with Crippen LogP contribution in [0.3, 0.4) is 0 Å². The zero-order valence-electron chi connectivity index (χ0n) is 4.68. The lowest BCUT2D eigenvalue weighted by Gasteiger charge is -2.13. The van der Waals surface area contributed by atoms with Crippen molar-refractivity contribution >= 4 is 0 Å². The number of hydrogen-bond acceptors (Lipinski definition) is 2. The van der Waals surface area contributed by atoms with Crippen LogP contribution in [0.15, 0.2) is 12.4 Å². The molecule has 1 aliphatic heterocycles. The molecule has 0 fully saturated rings. The predicted molar refractivity (Wildman–Crippen MR) is 31.0 cm³/mol. The lowest BCUT2D eigenvalue weighted by Crippen LogP contribution is -3.02. The topological polar surface area (TPSA) is 39.5 Å². The monoisotopic (exact) mass is 114 g/mol. The van der Waals surface area contributed by atoms with Gasteiger partial charge >= 0.3 is 0 Å². The van der Waals surface area contributed by atoms with Crippen LogP contribution >= 0.6 is 0 Å². The first-order chi connectivity index (χ1) is 3.89. The van der Waals surface area contributed by atoms with Crippen molar-refractivity contribution in [1.29, 1.82) is 0 Å². The number of quaternary nitrogens is 1. The van der Waals surface area contributed by atoms with Crippen LogP contribution in [0.2, 0.25) is 0 Å². The second-order valence-corrected chi connectivity index (χ2v) is 1.86. The maximum atomic E-state index is 10.6. The minimum absolute atomic E-state index is 0.231. The van der Waals surface area contributed by atoms with Crippen LogP contribution in [0.4, 0.5) is 0 Å². The van der Waals surface area contributed by atoms with Crippen molar-refractivity contribution in [2.75, 3.05) is 13.1 Å². The van der Waals surface area contributed by atoms with E-state index in [1.807, 2.05) is 0 Å². The molecule has 0 amide bonds. The Morgan fingerprint density at radius 1 is 1.62 bits per heavy atom. The summed E-state index contributed by atoms with van der Waals surface area (Å²) in [6.07, 6.45) is 4.27. The molecule has 0 spiro atoms. The summed E-state index contributed by atoms with van der Waals surface area (Å²) < 4.78 is 0. The molecule has 1 unspecified atom stereocenters. The van der Waals surface area contributed by atoms with Crippen LogP contribution in [-0.2, 0) is 0 Å². The van der Waals surface area contributed by atoms with Crippen molar-refractivity contribution in [3.8, 4) is 0 Å². The zero-order chi connectivity index (χ0) is 5.82. The molecular formula is C5H10N2O. The fourth-order valence-corrected chi connectivity index (χ4v) is 0.683. The first-order valence-corrected chi connectivity index (χ1v) is 2.82. The van der Waals surface area contributed by atoms with E-state index in [4.69, 9.17) is 0 Å². The van der Waals surface area contributed by atoms with E-state index in [1.54, 1.807) is 12.4 Å². The van der Waals surface area contributed by atoms with Crippen LogP contribution in [0.1, 0.15) is 6.42 Å². The molecule has 0 saturated heterocycles. The quantitative estimate of drug-likeness (QED) is 0.390. The number of hydrogen-bond donors (Lipinski definition) is 2. The van der Waals surface area contributed by atoms with E-state index in [0.29, 0.717) is 6.54 Å². The largest absolute Gasteiger partial charge is 0.629 e. The van der Waals surface area contributed by atoms with Gasteiger partial charge in [-0.2, -0.15) is 0 Å². The third kappa shape index (κ3) is 1.52. The molecular weight excluding hydrogens is 104 g/mol. The number of rotatable bonds is 0. The normalized spacial score (nSPS) is 28.9. The molecule has 0 aromatic carbocycles. The van der Waals surface area contributed by atoms with Gasteiger partial charge < -0.3 is 15.6 Å². The molecule has 0 radical (unpaired) electrons. The van der Waals surface area contributed by atoms with Gasteiger partial charge in [-0.1, -0.05) is 0 Å². The molecule has 1 aliphatic rings. The van der Waals surface area contributed by atoms with Crippen LogP contribution in [0.25, 0.3) is 0 Å². The van der Waals surface area contributed by atoms with Crippen molar-refractivity contribution in [2.24, 2.45) is 0 Å². The third-order valence-corrected chi connectivity index (χ3v) is 1.13. The predicted octanol–water partition coefficient (Wildman–Crippen LogP) is -1.17. The second-order valence-electron chi connectivity index (χ2n) is 1.86. The smallest absolute Gasteiger partial charge is 0.110 e. The van der Waals surface area contributed by atoms with Crippen molar-refractivity contribution in [3.63, 3.8) is 0 Å². The fourth-order valence-electron chi connectivity index (χ4n) is 0.683. The van der Waals surface area contributed by atoms with Crippen LogP contribution in [0, 0.1) is 5.21 Å². The molecule has 2 N–H and O–H groups in total. The van der Waals surface area contributed by atoms with E-state index in [0.717, 1.165) is 13.0 Å². The van der Waals surface area contributed by atoms with Gasteiger partial charge in [0.25, 0.3) is 0 Å². The molecule has 0 aromatic rings. The Morgan fingerprint density at radius 3 is 3.38 bits per heavy atom. The Labute approximate surface area is 48.6 Å². The summed E-state index contributed by atoms with van der Waals surface area (Å²) in [6, 6.07) is 0. The molecule has 1 atom stereocenters. The molecule has 3 nitrogen and oxygen atoms in total. The van der Waals surface area contributed by atoms with E-state index in [1.165, 1.54) is 0 Å². The summed E-state index contributed by atoms with van der Waals surface area (Å²) in [5, 5.41) is 13.8. The van der Waals surface area contributed by atoms with E-state index in [9.17, 15) is 5.21 Å². The highest BCUT2D eigenvalue weighted by atomic mass is 16.5. The minimum atomic E-state index is 0.231. The highest BCUT2D eigenvalue weighted by molar-refractivity contribution is 4.71. The van der Waals surface area contributed by atoms with Crippen LogP contribution in [-0.4, -0.2) is 13.1 Å². The SMILES string of the molecule is [O-][NH+]1C=CNCCC1. The first kappa shape index (κ1) is 5.59. The van der Waals surface area contributed by atoms with Gasteiger partial charge in [-0.25, -0.2) is 0 Å². The van der Waals surface area contributed by atoms with E-state index in [2.05, 4.69) is 5.32 Å². The number of nitrogens with one attached hydrogen (secondary N) is 2. The molecule has 46 valence electrons.